The fourth-order valence-electron chi connectivity index (χ4n) is 8.88. The number of carbonyl (C=O) groups excluding carboxylic acids is 3. The van der Waals surface area contributed by atoms with E-state index in [-0.39, 0.29) is 31.1 Å². The number of esters is 3. The second-order valence-corrected chi connectivity index (χ2v) is 20.6. The molecule has 0 fully saturated rings. The Bertz CT molecular complexity index is 1220. The lowest BCUT2D eigenvalue weighted by molar-refractivity contribution is -0.167. The number of carbonyl (C=O) groups is 3. The standard InChI is InChI=1S/C64H116O6/c1-4-7-10-13-16-19-22-25-28-31-33-36-39-42-45-48-51-54-57-63(66)69-60-61(59-68-62(65)56-53-50-47-44-41-38-35-30-27-24-21-18-15-12-9-6-3)70-64(67)58-55-52-49-46-43-40-37-34-32-29-26-23-20-17-14-11-8-5-2/h21,24,28-32,35,61H,4-20,22-23,25-27,33-34,36-60H2,1-3H3/b24-21-,31-28-,32-29-,35-30-. The van der Waals surface area contributed by atoms with Crippen molar-refractivity contribution in [1.82, 2.24) is 0 Å². The molecule has 0 amide bonds. The molecule has 0 aromatic rings. The minimum atomic E-state index is -0.783. The van der Waals surface area contributed by atoms with Crippen LogP contribution in [0, 0.1) is 0 Å². The molecule has 0 aromatic carbocycles. The first-order chi connectivity index (χ1) is 34.5. The highest BCUT2D eigenvalue weighted by Gasteiger charge is 2.19. The largest absolute Gasteiger partial charge is 0.462 e. The Morgan fingerprint density at radius 2 is 0.514 bits per heavy atom. The van der Waals surface area contributed by atoms with Gasteiger partial charge in [0.15, 0.2) is 6.10 Å². The normalized spacial score (nSPS) is 12.3. The fraction of sp³-hybridized carbons (Fsp3) is 0.828. The van der Waals surface area contributed by atoms with Crippen molar-refractivity contribution >= 4 is 17.9 Å². The van der Waals surface area contributed by atoms with Gasteiger partial charge in [0.05, 0.1) is 0 Å². The van der Waals surface area contributed by atoms with Crippen LogP contribution in [0.2, 0.25) is 0 Å². The summed E-state index contributed by atoms with van der Waals surface area (Å²) >= 11 is 0. The monoisotopic (exact) mass is 981 g/mol. The zero-order valence-electron chi connectivity index (χ0n) is 46.8. The molecule has 70 heavy (non-hydrogen) atoms. The third-order valence-electron chi connectivity index (χ3n) is 13.5. The van der Waals surface area contributed by atoms with Crippen LogP contribution >= 0.6 is 0 Å². The molecule has 0 N–H and O–H groups in total. The molecule has 0 aromatic heterocycles. The Morgan fingerprint density at radius 3 is 0.814 bits per heavy atom. The number of hydrogen-bond acceptors (Lipinski definition) is 6. The third-order valence-corrected chi connectivity index (χ3v) is 13.5. The smallest absolute Gasteiger partial charge is 0.306 e. The maximum Gasteiger partial charge on any atom is 0.306 e. The van der Waals surface area contributed by atoms with E-state index in [2.05, 4.69) is 69.4 Å². The van der Waals surface area contributed by atoms with Gasteiger partial charge in [-0.2, -0.15) is 0 Å². The molecule has 6 heteroatoms. The SMILES string of the molecule is CCCCCC/C=C\C/C=C\CCCCCCCC(=O)OCC(COC(=O)CCCCCCCCC/C=C\CCCCCCCCC)OC(=O)CCCCCCCCC/C=C\CCCCCCCCC. The second-order valence-electron chi connectivity index (χ2n) is 20.6. The lowest BCUT2D eigenvalue weighted by atomic mass is 10.1. The van der Waals surface area contributed by atoms with Gasteiger partial charge in [-0.1, -0.05) is 249 Å². The highest BCUT2D eigenvalue weighted by molar-refractivity contribution is 5.71. The number of allylic oxidation sites excluding steroid dienone is 8. The van der Waals surface area contributed by atoms with Crippen molar-refractivity contribution in [3.05, 3.63) is 48.6 Å². The van der Waals surface area contributed by atoms with E-state index in [1.54, 1.807) is 0 Å². The summed E-state index contributed by atoms with van der Waals surface area (Å²) in [5.74, 6) is -0.886. The van der Waals surface area contributed by atoms with Crippen molar-refractivity contribution < 1.29 is 28.6 Å². The zero-order valence-corrected chi connectivity index (χ0v) is 46.8. The topological polar surface area (TPSA) is 78.9 Å². The van der Waals surface area contributed by atoms with E-state index in [1.165, 1.54) is 205 Å². The summed E-state index contributed by atoms with van der Waals surface area (Å²) in [6, 6.07) is 0. The van der Waals surface area contributed by atoms with E-state index in [1.807, 2.05) is 0 Å². The number of rotatable bonds is 56. The highest BCUT2D eigenvalue weighted by Crippen LogP contribution is 2.16. The number of unbranched alkanes of at least 4 members (excludes halogenated alkanes) is 37. The van der Waals surface area contributed by atoms with Gasteiger partial charge in [0.1, 0.15) is 13.2 Å². The zero-order chi connectivity index (χ0) is 50.7. The maximum absolute atomic E-state index is 12.9. The Labute approximate surface area is 435 Å². The van der Waals surface area contributed by atoms with E-state index in [0.717, 1.165) is 77.0 Å². The van der Waals surface area contributed by atoms with Crippen molar-refractivity contribution in [2.45, 2.75) is 329 Å². The molecule has 0 aliphatic rings. The van der Waals surface area contributed by atoms with Crippen molar-refractivity contribution in [3.63, 3.8) is 0 Å². The van der Waals surface area contributed by atoms with Crippen molar-refractivity contribution in [2.24, 2.45) is 0 Å². The minimum absolute atomic E-state index is 0.0799. The van der Waals surface area contributed by atoms with Gasteiger partial charge in [-0.3, -0.25) is 14.4 Å². The Balaban J connectivity index is 4.39. The number of ether oxygens (including phenoxy) is 3. The summed E-state index contributed by atoms with van der Waals surface area (Å²) in [5, 5.41) is 0. The molecule has 6 nitrogen and oxygen atoms in total. The van der Waals surface area contributed by atoms with Gasteiger partial charge in [0.2, 0.25) is 0 Å². The second kappa shape index (κ2) is 58.9. The molecule has 1 unspecified atom stereocenters. The van der Waals surface area contributed by atoms with Gasteiger partial charge in [0.25, 0.3) is 0 Å². The molecular weight excluding hydrogens is 865 g/mol. The van der Waals surface area contributed by atoms with Crippen LogP contribution < -0.4 is 0 Å². The van der Waals surface area contributed by atoms with Crippen LogP contribution in [0.3, 0.4) is 0 Å². The van der Waals surface area contributed by atoms with Gasteiger partial charge in [-0.25, -0.2) is 0 Å². The van der Waals surface area contributed by atoms with E-state index in [4.69, 9.17) is 14.2 Å². The van der Waals surface area contributed by atoms with Crippen LogP contribution in [-0.2, 0) is 28.6 Å². The first-order valence-corrected chi connectivity index (χ1v) is 30.6. The van der Waals surface area contributed by atoms with Gasteiger partial charge in [0, 0.05) is 19.3 Å². The van der Waals surface area contributed by atoms with Crippen LogP contribution in [-0.4, -0.2) is 37.2 Å². The van der Waals surface area contributed by atoms with Gasteiger partial charge >= 0.3 is 17.9 Å². The summed E-state index contributed by atoms with van der Waals surface area (Å²) < 4.78 is 16.9. The van der Waals surface area contributed by atoms with Gasteiger partial charge in [-0.15, -0.1) is 0 Å². The van der Waals surface area contributed by atoms with Crippen LogP contribution in [0.4, 0.5) is 0 Å². The van der Waals surface area contributed by atoms with Crippen LogP contribution in [0.15, 0.2) is 48.6 Å². The molecule has 408 valence electrons. The predicted octanol–water partition coefficient (Wildman–Crippen LogP) is 20.6. The van der Waals surface area contributed by atoms with Gasteiger partial charge < -0.3 is 14.2 Å². The lowest BCUT2D eigenvalue weighted by Gasteiger charge is -2.18. The third kappa shape index (κ3) is 56.3. The number of hydrogen-bond donors (Lipinski definition) is 0. The first-order valence-electron chi connectivity index (χ1n) is 30.6. The molecule has 0 bridgehead atoms. The van der Waals surface area contributed by atoms with Crippen LogP contribution in [0.5, 0.6) is 0 Å². The van der Waals surface area contributed by atoms with Gasteiger partial charge in [-0.05, 0) is 103 Å². The quantitative estimate of drug-likeness (QED) is 0.0261. The minimum Gasteiger partial charge on any atom is -0.462 e. The average Bonchev–Trinajstić information content (AvgIpc) is 3.36. The molecule has 0 saturated heterocycles. The van der Waals surface area contributed by atoms with E-state index in [9.17, 15) is 14.4 Å². The van der Waals surface area contributed by atoms with E-state index < -0.39 is 6.10 Å². The molecule has 0 heterocycles. The van der Waals surface area contributed by atoms with Crippen molar-refractivity contribution in [3.8, 4) is 0 Å². The van der Waals surface area contributed by atoms with E-state index in [0.29, 0.717) is 19.3 Å². The molecule has 0 spiro atoms. The van der Waals surface area contributed by atoms with Crippen molar-refractivity contribution in [2.75, 3.05) is 13.2 Å². The predicted molar refractivity (Wildman–Crippen MR) is 302 cm³/mol. The molecule has 0 rings (SSSR count). The Morgan fingerprint density at radius 1 is 0.286 bits per heavy atom. The Kier molecular flexibility index (Phi) is 56.7. The molecule has 1 atom stereocenters. The van der Waals surface area contributed by atoms with E-state index >= 15 is 0 Å². The Hall–Kier alpha value is -2.63. The average molecular weight is 982 g/mol. The molecular formula is C64H116O6. The first kappa shape index (κ1) is 67.4. The van der Waals surface area contributed by atoms with Crippen LogP contribution in [0.25, 0.3) is 0 Å². The highest BCUT2D eigenvalue weighted by atomic mass is 16.6. The molecule has 0 saturated carbocycles. The summed E-state index contributed by atoms with van der Waals surface area (Å²) in [6.45, 7) is 6.64. The lowest BCUT2D eigenvalue weighted by Crippen LogP contribution is -2.30. The molecule has 0 radical (unpaired) electrons. The molecule has 0 aliphatic carbocycles. The van der Waals surface area contributed by atoms with Crippen LogP contribution in [0.1, 0.15) is 323 Å². The maximum atomic E-state index is 12.9. The summed E-state index contributed by atoms with van der Waals surface area (Å²) in [6.07, 6.45) is 72.4. The summed E-state index contributed by atoms with van der Waals surface area (Å²) in [4.78, 5) is 38.2. The fourth-order valence-corrected chi connectivity index (χ4v) is 8.88. The van der Waals surface area contributed by atoms with Crippen molar-refractivity contribution in [1.29, 1.82) is 0 Å². The summed E-state index contributed by atoms with van der Waals surface area (Å²) in [7, 11) is 0. The summed E-state index contributed by atoms with van der Waals surface area (Å²) in [5.41, 5.74) is 0. The molecule has 0 aliphatic heterocycles.